The minimum atomic E-state index is 0.288. The van der Waals surface area contributed by atoms with Gasteiger partial charge in [0.25, 0.3) is 0 Å². The smallest absolute Gasteiger partial charge is 0.134 e. The molecular weight excluding hydrogens is 236 g/mol. The van der Waals surface area contributed by atoms with Gasteiger partial charge in [-0.15, -0.1) is 0 Å². The molecule has 3 heteroatoms. The number of piperidine rings is 1. The summed E-state index contributed by atoms with van der Waals surface area (Å²) < 4.78 is 5.66. The summed E-state index contributed by atoms with van der Waals surface area (Å²) in [6, 6.07) is 8.51. The maximum Gasteiger partial charge on any atom is 0.134 e. The minimum Gasteiger partial charge on any atom is -0.464 e. The van der Waals surface area contributed by atoms with E-state index in [4.69, 9.17) is 10.2 Å². The van der Waals surface area contributed by atoms with Crippen molar-refractivity contribution in [3.63, 3.8) is 0 Å². The normalized spacial score (nSPS) is 19.9. The van der Waals surface area contributed by atoms with Crippen LogP contribution in [0.5, 0.6) is 0 Å². The van der Waals surface area contributed by atoms with Crippen molar-refractivity contribution < 1.29 is 4.42 Å². The summed E-state index contributed by atoms with van der Waals surface area (Å²) in [7, 11) is 0. The van der Waals surface area contributed by atoms with Gasteiger partial charge in [0, 0.05) is 17.5 Å². The second kappa shape index (κ2) is 5.35. The monoisotopic (exact) mass is 258 g/mol. The topological polar surface area (TPSA) is 42.4 Å². The van der Waals surface area contributed by atoms with E-state index in [2.05, 4.69) is 24.0 Å². The van der Waals surface area contributed by atoms with Crippen LogP contribution in [0.4, 0.5) is 0 Å². The van der Waals surface area contributed by atoms with Gasteiger partial charge < -0.3 is 10.2 Å². The Morgan fingerprint density at radius 3 is 2.79 bits per heavy atom. The summed E-state index contributed by atoms with van der Waals surface area (Å²) in [6.45, 7) is 5.27. The molecule has 1 saturated heterocycles. The second-order valence-corrected chi connectivity index (χ2v) is 5.66. The fraction of sp³-hybridized carbons (Fsp3) is 0.500. The highest BCUT2D eigenvalue weighted by Gasteiger charge is 2.25. The highest BCUT2D eigenvalue weighted by Crippen LogP contribution is 2.31. The van der Waals surface area contributed by atoms with Crippen LogP contribution in [0.15, 0.2) is 34.9 Å². The molecule has 0 aliphatic carbocycles. The molecule has 1 aliphatic heterocycles. The number of para-hydroxylation sites is 1. The molecule has 1 atom stereocenters. The third-order valence-electron chi connectivity index (χ3n) is 4.35. The molecule has 102 valence electrons. The lowest BCUT2D eigenvalue weighted by atomic mass is 9.95. The van der Waals surface area contributed by atoms with Gasteiger partial charge in [0.2, 0.25) is 0 Å². The third-order valence-corrected chi connectivity index (χ3v) is 4.35. The number of hydrogen-bond acceptors (Lipinski definition) is 3. The molecule has 1 aromatic heterocycles. The van der Waals surface area contributed by atoms with Crippen LogP contribution in [0.3, 0.4) is 0 Å². The van der Waals surface area contributed by atoms with Crippen LogP contribution in [0.2, 0.25) is 0 Å². The van der Waals surface area contributed by atoms with E-state index >= 15 is 0 Å². The van der Waals surface area contributed by atoms with Gasteiger partial charge in [-0.3, -0.25) is 4.90 Å². The first-order chi connectivity index (χ1) is 9.29. The van der Waals surface area contributed by atoms with Crippen LogP contribution < -0.4 is 5.73 Å². The van der Waals surface area contributed by atoms with Crippen LogP contribution in [-0.2, 0) is 0 Å². The molecule has 1 unspecified atom stereocenters. The van der Waals surface area contributed by atoms with E-state index in [1.54, 1.807) is 0 Å². The molecule has 2 N–H and O–H groups in total. The van der Waals surface area contributed by atoms with E-state index in [1.165, 1.54) is 23.8 Å². The predicted molar refractivity (Wildman–Crippen MR) is 78.0 cm³/mol. The highest BCUT2D eigenvalue weighted by molar-refractivity contribution is 5.81. The number of benzene rings is 1. The van der Waals surface area contributed by atoms with Gasteiger partial charge >= 0.3 is 0 Å². The molecule has 0 amide bonds. The molecule has 0 spiro atoms. The molecule has 2 heterocycles. The van der Waals surface area contributed by atoms with Gasteiger partial charge in [-0.05, 0) is 37.9 Å². The molecule has 1 aromatic carbocycles. The first-order valence-electron chi connectivity index (χ1n) is 7.20. The molecule has 0 radical (unpaired) electrons. The van der Waals surface area contributed by atoms with E-state index in [-0.39, 0.29) is 6.04 Å². The zero-order valence-corrected chi connectivity index (χ0v) is 11.5. The minimum absolute atomic E-state index is 0.288. The zero-order valence-electron chi connectivity index (χ0n) is 11.5. The molecule has 0 saturated carbocycles. The number of hydrogen-bond donors (Lipinski definition) is 1. The van der Waals surface area contributed by atoms with E-state index in [0.29, 0.717) is 6.54 Å². The Bertz CT molecular complexity index is 540. The highest BCUT2D eigenvalue weighted by atomic mass is 16.3. The van der Waals surface area contributed by atoms with Crippen molar-refractivity contribution in [2.24, 2.45) is 11.7 Å². The van der Waals surface area contributed by atoms with Crippen LogP contribution in [0.25, 0.3) is 11.0 Å². The molecular formula is C16H22N2O. The van der Waals surface area contributed by atoms with Crippen molar-refractivity contribution in [1.82, 2.24) is 4.90 Å². The van der Waals surface area contributed by atoms with Crippen LogP contribution in [0, 0.1) is 5.92 Å². The van der Waals surface area contributed by atoms with Gasteiger partial charge in [0.1, 0.15) is 5.58 Å². The first kappa shape index (κ1) is 12.7. The van der Waals surface area contributed by atoms with Crippen LogP contribution in [0.1, 0.15) is 31.4 Å². The maximum absolute atomic E-state index is 6.04. The molecule has 1 fully saturated rings. The molecule has 2 aromatic rings. The van der Waals surface area contributed by atoms with Crippen molar-refractivity contribution in [2.45, 2.75) is 25.8 Å². The number of nitrogens with zero attached hydrogens (tertiary/aromatic N) is 1. The molecule has 0 bridgehead atoms. The average molecular weight is 258 g/mol. The van der Waals surface area contributed by atoms with E-state index < -0.39 is 0 Å². The Kier molecular flexibility index (Phi) is 3.58. The summed E-state index contributed by atoms with van der Waals surface area (Å²) in [5, 5.41) is 1.21. The third kappa shape index (κ3) is 2.40. The zero-order chi connectivity index (χ0) is 13.2. The lowest BCUT2D eigenvalue weighted by molar-refractivity contribution is 0.141. The number of fused-ring (bicyclic) bond motifs is 1. The van der Waals surface area contributed by atoms with Gasteiger partial charge in [0.05, 0.1) is 12.3 Å². The average Bonchev–Trinajstić information content (AvgIpc) is 2.86. The number of rotatable bonds is 3. The maximum atomic E-state index is 6.04. The first-order valence-corrected chi connectivity index (χ1v) is 7.20. The van der Waals surface area contributed by atoms with Crippen LogP contribution >= 0.6 is 0 Å². The summed E-state index contributed by atoms with van der Waals surface area (Å²) in [5.74, 6) is 0.843. The SMILES string of the molecule is CC1CCN(C(CN)c2coc3ccccc23)CC1. The van der Waals surface area contributed by atoms with Gasteiger partial charge in [-0.25, -0.2) is 0 Å². The Morgan fingerprint density at radius 1 is 1.32 bits per heavy atom. The Hall–Kier alpha value is -1.32. The largest absolute Gasteiger partial charge is 0.464 e. The Balaban J connectivity index is 1.89. The van der Waals surface area contributed by atoms with Gasteiger partial charge in [-0.1, -0.05) is 25.1 Å². The molecule has 3 rings (SSSR count). The van der Waals surface area contributed by atoms with Gasteiger partial charge in [-0.2, -0.15) is 0 Å². The van der Waals surface area contributed by atoms with E-state index in [0.717, 1.165) is 24.6 Å². The predicted octanol–water partition coefficient (Wildman–Crippen LogP) is 3.16. The van der Waals surface area contributed by atoms with Crippen molar-refractivity contribution in [1.29, 1.82) is 0 Å². The number of likely N-dealkylation sites (tertiary alicyclic amines) is 1. The second-order valence-electron chi connectivity index (χ2n) is 5.66. The quantitative estimate of drug-likeness (QED) is 0.919. The number of furan rings is 1. The summed E-state index contributed by atoms with van der Waals surface area (Å²) >= 11 is 0. The van der Waals surface area contributed by atoms with Crippen molar-refractivity contribution in [3.8, 4) is 0 Å². The lowest BCUT2D eigenvalue weighted by Crippen LogP contribution is -2.39. The van der Waals surface area contributed by atoms with Gasteiger partial charge in [0.15, 0.2) is 0 Å². The standard InChI is InChI=1S/C16H22N2O/c1-12-6-8-18(9-7-12)15(10-17)14-11-19-16-5-3-2-4-13(14)16/h2-5,11-12,15H,6-10,17H2,1H3. The van der Waals surface area contributed by atoms with Crippen molar-refractivity contribution in [3.05, 3.63) is 36.1 Å². The molecule has 3 nitrogen and oxygen atoms in total. The molecule has 1 aliphatic rings. The summed E-state index contributed by atoms with van der Waals surface area (Å²) in [4.78, 5) is 2.51. The fourth-order valence-corrected chi connectivity index (χ4v) is 3.07. The lowest BCUT2D eigenvalue weighted by Gasteiger charge is -2.35. The number of nitrogens with two attached hydrogens (primary N) is 1. The van der Waals surface area contributed by atoms with E-state index in [1.807, 2.05) is 18.4 Å². The van der Waals surface area contributed by atoms with Crippen molar-refractivity contribution in [2.75, 3.05) is 19.6 Å². The summed E-state index contributed by atoms with van der Waals surface area (Å²) in [6.07, 6.45) is 4.43. The van der Waals surface area contributed by atoms with E-state index in [9.17, 15) is 0 Å². The Labute approximate surface area is 114 Å². The van der Waals surface area contributed by atoms with Crippen molar-refractivity contribution >= 4 is 11.0 Å². The summed E-state index contributed by atoms with van der Waals surface area (Å²) in [5.41, 5.74) is 8.24. The fourth-order valence-electron chi connectivity index (χ4n) is 3.07. The van der Waals surface area contributed by atoms with Crippen LogP contribution in [-0.4, -0.2) is 24.5 Å². The molecule has 19 heavy (non-hydrogen) atoms. The Morgan fingerprint density at radius 2 is 2.05 bits per heavy atom.